The van der Waals surface area contributed by atoms with Gasteiger partial charge in [0.1, 0.15) is 0 Å². The van der Waals surface area contributed by atoms with E-state index < -0.39 is 7.72 Å². The molecule has 0 aliphatic rings. The van der Waals surface area contributed by atoms with Crippen LogP contribution in [0.2, 0.25) is 0 Å². The van der Waals surface area contributed by atoms with E-state index >= 15 is 0 Å². The summed E-state index contributed by atoms with van der Waals surface area (Å²) in [6, 6.07) is 12.8. The molecule has 0 saturated heterocycles. The zero-order valence-corrected chi connectivity index (χ0v) is 13.8. The zero-order valence-electron chi connectivity index (χ0n) is 12.8. The first kappa shape index (κ1) is 15.8. The Labute approximate surface area is 126 Å². The summed E-state index contributed by atoms with van der Waals surface area (Å²) in [4.78, 5) is 23.8. The molecule has 2 aromatic rings. The molecule has 0 atom stereocenters. The van der Waals surface area contributed by atoms with Crippen LogP contribution < -0.4 is 5.30 Å². The van der Waals surface area contributed by atoms with E-state index in [1.54, 1.807) is 24.3 Å². The Kier molecular flexibility index (Phi) is 4.58. The molecule has 0 bridgehead atoms. The van der Waals surface area contributed by atoms with Crippen molar-refractivity contribution in [1.29, 1.82) is 0 Å². The third-order valence-electron chi connectivity index (χ3n) is 3.67. The van der Waals surface area contributed by atoms with E-state index in [4.69, 9.17) is 4.52 Å². The summed E-state index contributed by atoms with van der Waals surface area (Å²) in [6.45, 7) is 5.77. The number of benzene rings is 2. The average molecular weight is 304 g/mol. The summed E-state index contributed by atoms with van der Waals surface area (Å²) in [5.74, 6) is 0. The molecular weight excluding hydrogens is 283 g/mol. The molecule has 0 aliphatic heterocycles. The molecular formula is C17H21O3P. The van der Waals surface area contributed by atoms with E-state index in [1.807, 2.05) is 39.0 Å². The molecule has 21 heavy (non-hydrogen) atoms. The van der Waals surface area contributed by atoms with Gasteiger partial charge < -0.3 is 0 Å². The molecule has 2 aromatic carbocycles. The first-order chi connectivity index (χ1) is 9.90. The van der Waals surface area contributed by atoms with Crippen LogP contribution in [0.3, 0.4) is 0 Å². The van der Waals surface area contributed by atoms with Crippen molar-refractivity contribution in [3.8, 4) is 0 Å². The van der Waals surface area contributed by atoms with Gasteiger partial charge >= 0.3 is 125 Å². The Morgan fingerprint density at radius 2 is 1.57 bits per heavy atom. The van der Waals surface area contributed by atoms with Gasteiger partial charge in [0, 0.05) is 0 Å². The summed E-state index contributed by atoms with van der Waals surface area (Å²) >= 11 is 0. The molecule has 4 heteroatoms. The van der Waals surface area contributed by atoms with Gasteiger partial charge in [0.05, 0.1) is 0 Å². The van der Waals surface area contributed by atoms with Crippen molar-refractivity contribution in [2.24, 2.45) is 0 Å². The van der Waals surface area contributed by atoms with E-state index in [9.17, 15) is 9.69 Å². The fourth-order valence-electron chi connectivity index (χ4n) is 2.71. The van der Waals surface area contributed by atoms with E-state index in [1.165, 1.54) is 7.11 Å². The third-order valence-corrected chi connectivity index (χ3v) is 6.24. The van der Waals surface area contributed by atoms with Gasteiger partial charge in [-0.15, -0.1) is 0 Å². The van der Waals surface area contributed by atoms with Crippen LogP contribution in [-0.4, -0.2) is 17.5 Å². The molecule has 112 valence electrons. The molecule has 0 aliphatic carbocycles. The standard InChI is InChI=1S/C17H21O3P/c1-12-10-13(2)16(14(3)11-12)17(18)21(19,20-4)15-8-6-5-7-9-15/h5-11,19,21H,1-4H3. The summed E-state index contributed by atoms with van der Waals surface area (Å²) in [5, 5.41) is 0.567. The first-order valence-corrected chi connectivity index (χ1v) is 8.71. The number of carbonyl (C=O) groups is 1. The molecule has 0 aromatic heterocycles. The second-order valence-corrected chi connectivity index (χ2v) is 8.04. The van der Waals surface area contributed by atoms with Crippen molar-refractivity contribution in [1.82, 2.24) is 0 Å². The number of aryl methyl sites for hydroxylation is 3. The summed E-state index contributed by atoms with van der Waals surface area (Å²) in [6.07, 6.45) is 0. The first-order valence-electron chi connectivity index (χ1n) is 6.86. The predicted molar refractivity (Wildman–Crippen MR) is 88.6 cm³/mol. The number of rotatable bonds is 4. The van der Waals surface area contributed by atoms with Crippen molar-refractivity contribution in [2.45, 2.75) is 20.8 Å². The molecule has 3 nitrogen and oxygen atoms in total. The normalized spacial score (nSPS) is 12.2. The number of hydrogen-bond donors (Lipinski definition) is 1. The predicted octanol–water partition coefficient (Wildman–Crippen LogP) is 3.30. The molecule has 0 fully saturated rings. The van der Waals surface area contributed by atoms with Crippen LogP contribution in [0.25, 0.3) is 0 Å². The topological polar surface area (TPSA) is 46.5 Å². The van der Waals surface area contributed by atoms with Crippen molar-refractivity contribution in [3.05, 3.63) is 64.7 Å². The molecule has 0 amide bonds. The van der Waals surface area contributed by atoms with Gasteiger partial charge in [-0.3, -0.25) is 0 Å². The molecule has 1 N–H and O–H groups in total. The fourth-order valence-corrected chi connectivity index (χ4v) is 4.77. The molecule has 0 heterocycles. The molecule has 2 rings (SSSR count). The van der Waals surface area contributed by atoms with Gasteiger partial charge in [-0.05, 0) is 0 Å². The third kappa shape index (κ3) is 2.91. The van der Waals surface area contributed by atoms with Crippen LogP contribution in [0.5, 0.6) is 0 Å². The molecule has 0 saturated carbocycles. The van der Waals surface area contributed by atoms with Crippen LogP contribution in [0, 0.1) is 20.8 Å². The summed E-state index contributed by atoms with van der Waals surface area (Å²) < 4.78 is 5.33. The zero-order chi connectivity index (χ0) is 15.6. The van der Waals surface area contributed by atoms with Crippen molar-refractivity contribution in [2.75, 3.05) is 7.11 Å². The Hall–Kier alpha value is -1.54. The Morgan fingerprint density at radius 1 is 1.05 bits per heavy atom. The van der Waals surface area contributed by atoms with E-state index in [0.29, 0.717) is 10.9 Å². The van der Waals surface area contributed by atoms with E-state index in [-0.39, 0.29) is 5.52 Å². The molecule has 0 unspecified atom stereocenters. The van der Waals surface area contributed by atoms with E-state index in [0.717, 1.165) is 16.7 Å². The average Bonchev–Trinajstić information content (AvgIpc) is 2.46. The molecule has 0 spiro atoms. The maximum atomic E-state index is 12.9. The second kappa shape index (κ2) is 6.07. The monoisotopic (exact) mass is 304 g/mol. The Balaban J connectivity index is 2.57. The van der Waals surface area contributed by atoms with Gasteiger partial charge in [-0.25, -0.2) is 0 Å². The van der Waals surface area contributed by atoms with E-state index in [2.05, 4.69) is 0 Å². The van der Waals surface area contributed by atoms with Gasteiger partial charge in [0.15, 0.2) is 0 Å². The van der Waals surface area contributed by atoms with Crippen LogP contribution in [0.4, 0.5) is 0 Å². The van der Waals surface area contributed by atoms with Gasteiger partial charge in [-0.1, -0.05) is 0 Å². The van der Waals surface area contributed by atoms with Crippen LogP contribution in [0.15, 0.2) is 42.5 Å². The van der Waals surface area contributed by atoms with Gasteiger partial charge in [-0.2, -0.15) is 0 Å². The Bertz CT molecular complexity index is 644. The Morgan fingerprint density at radius 3 is 2.05 bits per heavy atom. The maximum absolute atomic E-state index is 12.9. The fraction of sp³-hybridized carbons (Fsp3) is 0.235. The van der Waals surface area contributed by atoms with Gasteiger partial charge in [0.25, 0.3) is 0 Å². The molecule has 0 radical (unpaired) electrons. The second-order valence-electron chi connectivity index (χ2n) is 5.32. The van der Waals surface area contributed by atoms with Crippen LogP contribution in [-0.2, 0) is 4.52 Å². The minimum absolute atomic E-state index is 0.300. The van der Waals surface area contributed by atoms with Crippen molar-refractivity contribution in [3.63, 3.8) is 0 Å². The van der Waals surface area contributed by atoms with Crippen LogP contribution >= 0.6 is 7.72 Å². The summed E-state index contributed by atoms with van der Waals surface area (Å²) in [7, 11) is -2.26. The van der Waals surface area contributed by atoms with Crippen LogP contribution in [0.1, 0.15) is 27.0 Å². The van der Waals surface area contributed by atoms with Crippen molar-refractivity contribution >= 4 is 18.5 Å². The van der Waals surface area contributed by atoms with Gasteiger partial charge in [0.2, 0.25) is 0 Å². The van der Waals surface area contributed by atoms with Crippen molar-refractivity contribution < 1.29 is 14.2 Å². The number of hydrogen-bond acceptors (Lipinski definition) is 3. The minimum atomic E-state index is -3.66. The quantitative estimate of drug-likeness (QED) is 0.882. The SMILES string of the molecule is CO[PH](O)(C(=O)c1c(C)cc(C)cc1C)c1ccccc1. The number of carbonyl (C=O) groups excluding carboxylic acids is 1. The summed E-state index contributed by atoms with van der Waals surface area (Å²) in [5.41, 5.74) is 3.11.